The van der Waals surface area contributed by atoms with Crippen LogP contribution in [0.4, 0.5) is 8.78 Å². The lowest BCUT2D eigenvalue weighted by Crippen LogP contribution is -2.31. The lowest BCUT2D eigenvalue weighted by atomic mass is 10.0. The highest BCUT2D eigenvalue weighted by Crippen LogP contribution is 2.21. The van der Waals surface area contributed by atoms with Gasteiger partial charge in [0.25, 0.3) is 0 Å². The first-order valence-corrected chi connectivity index (χ1v) is 6.79. The molecule has 7 heteroatoms. The van der Waals surface area contributed by atoms with E-state index in [1.807, 2.05) is 0 Å². The summed E-state index contributed by atoms with van der Waals surface area (Å²) in [5.74, 6) is 5.38. The number of nitrogens with zero attached hydrogens (tertiary/aromatic N) is 3. The van der Waals surface area contributed by atoms with Crippen molar-refractivity contribution in [3.05, 3.63) is 47.5 Å². The van der Waals surface area contributed by atoms with Crippen LogP contribution >= 0.6 is 0 Å². The summed E-state index contributed by atoms with van der Waals surface area (Å²) in [4.78, 5) is 4.19. The molecule has 0 saturated carbocycles. The molecular formula is C14H19F2N5. The quantitative estimate of drug-likeness (QED) is 0.631. The minimum atomic E-state index is -0.632. The maximum Gasteiger partial charge on any atom is 0.138 e. The van der Waals surface area contributed by atoms with Gasteiger partial charge in [0.2, 0.25) is 0 Å². The molecule has 0 amide bonds. The van der Waals surface area contributed by atoms with Crippen LogP contribution in [0.25, 0.3) is 0 Å². The molecule has 0 saturated heterocycles. The summed E-state index contributed by atoms with van der Waals surface area (Å²) in [5, 5.41) is 4.16. The van der Waals surface area contributed by atoms with Gasteiger partial charge in [-0.25, -0.2) is 18.4 Å². The zero-order valence-electron chi connectivity index (χ0n) is 12.1. The van der Waals surface area contributed by atoms with E-state index >= 15 is 0 Å². The van der Waals surface area contributed by atoms with E-state index in [0.717, 1.165) is 12.6 Å². The van der Waals surface area contributed by atoms with Crippen molar-refractivity contribution in [2.45, 2.75) is 32.9 Å². The van der Waals surface area contributed by atoms with Gasteiger partial charge in [-0.1, -0.05) is 19.9 Å². The van der Waals surface area contributed by atoms with Crippen LogP contribution in [0.2, 0.25) is 0 Å². The highest BCUT2D eigenvalue weighted by atomic mass is 19.1. The SMILES string of the molecule is CC(C)Cn1ncnc1CC(NN)c1ccc(F)cc1F. The molecule has 0 radical (unpaired) electrons. The van der Waals surface area contributed by atoms with E-state index in [-0.39, 0.29) is 0 Å². The number of halogens is 2. The summed E-state index contributed by atoms with van der Waals surface area (Å²) in [5.41, 5.74) is 2.86. The minimum absolute atomic E-state index is 0.304. The average Bonchev–Trinajstić information content (AvgIpc) is 2.83. The molecule has 3 N–H and O–H groups in total. The summed E-state index contributed by atoms with van der Waals surface area (Å²) in [6.07, 6.45) is 1.83. The first-order valence-electron chi connectivity index (χ1n) is 6.79. The van der Waals surface area contributed by atoms with Gasteiger partial charge in [-0.2, -0.15) is 5.10 Å². The Morgan fingerprint density at radius 2 is 2.10 bits per heavy atom. The van der Waals surface area contributed by atoms with Gasteiger partial charge in [-0.3, -0.25) is 11.3 Å². The molecule has 1 heterocycles. The topological polar surface area (TPSA) is 68.8 Å². The van der Waals surface area contributed by atoms with Crippen LogP contribution in [-0.4, -0.2) is 14.8 Å². The fraction of sp³-hybridized carbons (Fsp3) is 0.429. The first kappa shape index (κ1) is 15.5. The Morgan fingerprint density at radius 1 is 1.33 bits per heavy atom. The molecule has 5 nitrogen and oxygen atoms in total. The molecule has 1 atom stereocenters. The maximum absolute atomic E-state index is 13.8. The largest absolute Gasteiger partial charge is 0.271 e. The third-order valence-electron chi connectivity index (χ3n) is 3.16. The van der Waals surface area contributed by atoms with Crippen LogP contribution < -0.4 is 11.3 Å². The van der Waals surface area contributed by atoms with Crippen LogP contribution in [0.5, 0.6) is 0 Å². The van der Waals surface area contributed by atoms with Gasteiger partial charge in [-0.05, 0) is 12.0 Å². The summed E-state index contributed by atoms with van der Waals surface area (Å²) in [6, 6.07) is 2.94. The van der Waals surface area contributed by atoms with Crippen molar-refractivity contribution in [2.24, 2.45) is 11.8 Å². The molecule has 114 valence electrons. The molecule has 0 spiro atoms. The molecule has 0 bridgehead atoms. The van der Waals surface area contributed by atoms with Gasteiger partial charge in [0.15, 0.2) is 0 Å². The number of hydrazine groups is 1. The molecule has 0 aliphatic rings. The summed E-state index contributed by atoms with van der Waals surface area (Å²) < 4.78 is 28.6. The van der Waals surface area contributed by atoms with Crippen LogP contribution in [0.3, 0.4) is 0 Å². The van der Waals surface area contributed by atoms with E-state index in [4.69, 9.17) is 5.84 Å². The standard InChI is InChI=1S/C14H19F2N5/c1-9(2)7-21-14(18-8-19-21)6-13(20-17)11-4-3-10(15)5-12(11)16/h3-5,8-9,13,20H,6-7,17H2,1-2H3. The van der Waals surface area contributed by atoms with E-state index in [0.29, 0.717) is 23.7 Å². The van der Waals surface area contributed by atoms with Crippen LogP contribution in [-0.2, 0) is 13.0 Å². The lowest BCUT2D eigenvalue weighted by Gasteiger charge is -2.17. The molecule has 0 aliphatic carbocycles. The van der Waals surface area contributed by atoms with Crippen LogP contribution in [0.15, 0.2) is 24.5 Å². The second kappa shape index (κ2) is 6.73. The molecule has 2 rings (SSSR count). The first-order chi connectivity index (χ1) is 10.0. The van der Waals surface area contributed by atoms with Gasteiger partial charge < -0.3 is 0 Å². The highest BCUT2D eigenvalue weighted by molar-refractivity contribution is 5.23. The van der Waals surface area contributed by atoms with Crippen molar-refractivity contribution < 1.29 is 8.78 Å². The van der Waals surface area contributed by atoms with E-state index in [2.05, 4.69) is 29.4 Å². The van der Waals surface area contributed by atoms with Crippen molar-refractivity contribution in [3.8, 4) is 0 Å². The number of nitrogens with two attached hydrogens (primary N) is 1. The Labute approximate surface area is 122 Å². The molecule has 1 unspecified atom stereocenters. The molecule has 1 aromatic carbocycles. The fourth-order valence-electron chi connectivity index (χ4n) is 2.17. The summed E-state index contributed by atoms with van der Waals surface area (Å²) >= 11 is 0. The van der Waals surface area contributed by atoms with Gasteiger partial charge in [-0.15, -0.1) is 0 Å². The Bertz CT molecular complexity index is 597. The van der Waals surface area contributed by atoms with Crippen molar-refractivity contribution in [1.29, 1.82) is 0 Å². The van der Waals surface area contributed by atoms with Crippen LogP contribution in [0.1, 0.15) is 31.3 Å². The number of benzene rings is 1. The number of hydrogen-bond donors (Lipinski definition) is 2. The smallest absolute Gasteiger partial charge is 0.138 e. The third-order valence-corrected chi connectivity index (χ3v) is 3.16. The van der Waals surface area contributed by atoms with E-state index < -0.39 is 17.7 Å². The molecular weight excluding hydrogens is 276 g/mol. The van der Waals surface area contributed by atoms with Gasteiger partial charge in [0, 0.05) is 24.6 Å². The zero-order valence-corrected chi connectivity index (χ0v) is 12.1. The number of aromatic nitrogens is 3. The summed E-state index contributed by atoms with van der Waals surface area (Å²) in [6.45, 7) is 4.87. The van der Waals surface area contributed by atoms with Crippen molar-refractivity contribution in [3.63, 3.8) is 0 Å². The normalized spacial score (nSPS) is 12.9. The predicted molar refractivity (Wildman–Crippen MR) is 75.0 cm³/mol. The second-order valence-electron chi connectivity index (χ2n) is 5.34. The van der Waals surface area contributed by atoms with Crippen LogP contribution in [0, 0.1) is 17.6 Å². The number of nitrogens with one attached hydrogen (secondary N) is 1. The second-order valence-corrected chi connectivity index (χ2v) is 5.34. The van der Waals surface area contributed by atoms with Gasteiger partial charge in [0.05, 0.1) is 6.04 Å². The molecule has 1 aromatic heterocycles. The Kier molecular flexibility index (Phi) is 4.98. The Hall–Kier alpha value is -1.86. The fourth-order valence-corrected chi connectivity index (χ4v) is 2.17. The van der Waals surface area contributed by atoms with E-state index in [1.165, 1.54) is 18.5 Å². The molecule has 0 fully saturated rings. The maximum atomic E-state index is 13.8. The predicted octanol–water partition coefficient (Wildman–Crippen LogP) is 1.96. The summed E-state index contributed by atoms with van der Waals surface area (Å²) in [7, 11) is 0. The van der Waals surface area contributed by atoms with E-state index in [9.17, 15) is 8.78 Å². The third kappa shape index (κ3) is 3.83. The molecule has 2 aromatic rings. The zero-order chi connectivity index (χ0) is 15.4. The Balaban J connectivity index is 2.21. The molecule has 0 aliphatic heterocycles. The number of rotatable bonds is 6. The highest BCUT2D eigenvalue weighted by Gasteiger charge is 2.18. The lowest BCUT2D eigenvalue weighted by molar-refractivity contribution is 0.440. The van der Waals surface area contributed by atoms with Gasteiger partial charge in [0.1, 0.15) is 23.8 Å². The number of hydrogen-bond acceptors (Lipinski definition) is 4. The van der Waals surface area contributed by atoms with Crippen molar-refractivity contribution >= 4 is 0 Å². The minimum Gasteiger partial charge on any atom is -0.271 e. The molecule has 21 heavy (non-hydrogen) atoms. The average molecular weight is 295 g/mol. The Morgan fingerprint density at radius 3 is 2.71 bits per heavy atom. The van der Waals surface area contributed by atoms with Crippen molar-refractivity contribution in [1.82, 2.24) is 20.2 Å². The van der Waals surface area contributed by atoms with E-state index in [1.54, 1.807) is 4.68 Å². The van der Waals surface area contributed by atoms with Gasteiger partial charge >= 0.3 is 0 Å². The van der Waals surface area contributed by atoms with Crippen molar-refractivity contribution in [2.75, 3.05) is 0 Å². The monoisotopic (exact) mass is 295 g/mol.